The molecule has 0 aliphatic heterocycles. The lowest BCUT2D eigenvalue weighted by atomic mass is 10.3. The van der Waals surface area contributed by atoms with Gasteiger partial charge >= 0.3 is 0 Å². The first-order chi connectivity index (χ1) is 8.67. The summed E-state index contributed by atoms with van der Waals surface area (Å²) in [6.45, 7) is 6.68. The van der Waals surface area contributed by atoms with Crippen LogP contribution < -0.4 is 5.32 Å². The van der Waals surface area contributed by atoms with Crippen molar-refractivity contribution in [1.29, 1.82) is 0 Å². The van der Waals surface area contributed by atoms with Crippen molar-refractivity contribution in [1.82, 2.24) is 15.0 Å². The topological polar surface area (TPSA) is 50.7 Å². The number of pyridine rings is 1. The van der Waals surface area contributed by atoms with Crippen molar-refractivity contribution in [3.05, 3.63) is 47.2 Å². The van der Waals surface area contributed by atoms with Crippen molar-refractivity contribution >= 4 is 5.82 Å². The Bertz CT molecular complexity index is 537. The molecule has 0 bridgehead atoms. The SMILES string of the molecule is CCc1cc(NCc2cccc(C)n2)nc(C)n1. The van der Waals surface area contributed by atoms with Gasteiger partial charge in [0.05, 0.1) is 12.2 Å². The molecule has 2 aromatic rings. The van der Waals surface area contributed by atoms with Crippen molar-refractivity contribution < 1.29 is 0 Å². The van der Waals surface area contributed by atoms with Gasteiger partial charge in [-0.3, -0.25) is 4.98 Å². The quantitative estimate of drug-likeness (QED) is 0.895. The van der Waals surface area contributed by atoms with E-state index >= 15 is 0 Å². The van der Waals surface area contributed by atoms with Gasteiger partial charge in [0, 0.05) is 17.5 Å². The predicted octanol–water partition coefficient (Wildman–Crippen LogP) is 2.66. The van der Waals surface area contributed by atoms with Crippen LogP contribution in [0.2, 0.25) is 0 Å². The summed E-state index contributed by atoms with van der Waals surface area (Å²) in [6, 6.07) is 8.01. The van der Waals surface area contributed by atoms with E-state index in [1.54, 1.807) is 0 Å². The summed E-state index contributed by atoms with van der Waals surface area (Å²) < 4.78 is 0. The van der Waals surface area contributed by atoms with Gasteiger partial charge in [-0.2, -0.15) is 0 Å². The molecule has 0 radical (unpaired) electrons. The van der Waals surface area contributed by atoms with Gasteiger partial charge < -0.3 is 5.32 Å². The average molecular weight is 242 g/mol. The molecule has 0 spiro atoms. The highest BCUT2D eigenvalue weighted by atomic mass is 15.0. The molecule has 0 aliphatic rings. The Balaban J connectivity index is 2.08. The number of nitrogens with zero attached hydrogens (tertiary/aromatic N) is 3. The summed E-state index contributed by atoms with van der Waals surface area (Å²) in [7, 11) is 0. The van der Waals surface area contributed by atoms with Crippen LogP contribution in [0.1, 0.15) is 29.8 Å². The van der Waals surface area contributed by atoms with E-state index in [-0.39, 0.29) is 0 Å². The van der Waals surface area contributed by atoms with Gasteiger partial charge in [-0.1, -0.05) is 13.0 Å². The Kier molecular flexibility index (Phi) is 3.87. The second-order valence-corrected chi connectivity index (χ2v) is 4.27. The second-order valence-electron chi connectivity index (χ2n) is 4.27. The molecule has 1 N–H and O–H groups in total. The first-order valence-corrected chi connectivity index (χ1v) is 6.18. The van der Waals surface area contributed by atoms with Gasteiger partial charge in [0.1, 0.15) is 11.6 Å². The van der Waals surface area contributed by atoms with E-state index in [9.17, 15) is 0 Å². The number of nitrogens with one attached hydrogen (secondary N) is 1. The number of aryl methyl sites for hydroxylation is 3. The van der Waals surface area contributed by atoms with Crippen molar-refractivity contribution in [3.63, 3.8) is 0 Å². The van der Waals surface area contributed by atoms with E-state index in [0.29, 0.717) is 6.54 Å². The van der Waals surface area contributed by atoms with Gasteiger partial charge in [0.15, 0.2) is 0 Å². The molecule has 0 amide bonds. The Morgan fingerprint density at radius 1 is 1.06 bits per heavy atom. The van der Waals surface area contributed by atoms with E-state index in [2.05, 4.69) is 27.2 Å². The molecule has 94 valence electrons. The molecule has 2 aromatic heterocycles. The zero-order chi connectivity index (χ0) is 13.0. The smallest absolute Gasteiger partial charge is 0.130 e. The maximum absolute atomic E-state index is 4.45. The van der Waals surface area contributed by atoms with E-state index < -0.39 is 0 Å². The summed E-state index contributed by atoms with van der Waals surface area (Å²) in [6.07, 6.45) is 0.917. The Labute approximate surface area is 108 Å². The molecule has 18 heavy (non-hydrogen) atoms. The minimum atomic E-state index is 0.682. The molecule has 0 aromatic carbocycles. The molecular weight excluding hydrogens is 224 g/mol. The molecule has 0 saturated heterocycles. The van der Waals surface area contributed by atoms with E-state index in [0.717, 1.165) is 35.1 Å². The Hall–Kier alpha value is -1.97. The van der Waals surface area contributed by atoms with Gasteiger partial charge in [0.2, 0.25) is 0 Å². The minimum Gasteiger partial charge on any atom is -0.364 e. The molecule has 0 unspecified atom stereocenters. The van der Waals surface area contributed by atoms with Crippen molar-refractivity contribution in [2.45, 2.75) is 33.7 Å². The summed E-state index contributed by atoms with van der Waals surface area (Å²) in [5.74, 6) is 1.66. The fourth-order valence-corrected chi connectivity index (χ4v) is 1.78. The second kappa shape index (κ2) is 5.58. The highest BCUT2D eigenvalue weighted by Gasteiger charge is 2.01. The van der Waals surface area contributed by atoms with Crippen molar-refractivity contribution in [2.75, 3.05) is 5.32 Å². The summed E-state index contributed by atoms with van der Waals surface area (Å²) in [5, 5.41) is 3.29. The molecule has 0 aliphatic carbocycles. The zero-order valence-corrected chi connectivity index (χ0v) is 11.1. The third kappa shape index (κ3) is 3.26. The maximum Gasteiger partial charge on any atom is 0.130 e. The third-order valence-electron chi connectivity index (χ3n) is 2.65. The number of hydrogen-bond acceptors (Lipinski definition) is 4. The Morgan fingerprint density at radius 3 is 2.61 bits per heavy atom. The largest absolute Gasteiger partial charge is 0.364 e. The highest BCUT2D eigenvalue weighted by molar-refractivity contribution is 5.36. The maximum atomic E-state index is 4.45. The molecule has 0 fully saturated rings. The van der Waals surface area contributed by atoms with Crippen LogP contribution in [-0.4, -0.2) is 15.0 Å². The highest BCUT2D eigenvalue weighted by Crippen LogP contribution is 2.09. The number of hydrogen-bond donors (Lipinski definition) is 1. The number of rotatable bonds is 4. The van der Waals surface area contributed by atoms with Gasteiger partial charge in [0.25, 0.3) is 0 Å². The summed E-state index contributed by atoms with van der Waals surface area (Å²) in [4.78, 5) is 13.2. The first-order valence-electron chi connectivity index (χ1n) is 6.18. The normalized spacial score (nSPS) is 10.4. The van der Waals surface area contributed by atoms with Crippen LogP contribution in [0.5, 0.6) is 0 Å². The molecule has 0 saturated carbocycles. The summed E-state index contributed by atoms with van der Waals surface area (Å²) >= 11 is 0. The number of aromatic nitrogens is 3. The molecule has 4 nitrogen and oxygen atoms in total. The first kappa shape index (κ1) is 12.5. The van der Waals surface area contributed by atoms with Gasteiger partial charge in [-0.25, -0.2) is 9.97 Å². The average Bonchev–Trinajstić information content (AvgIpc) is 2.36. The standard InChI is InChI=1S/C14H18N4/c1-4-12-8-14(18-11(3)17-12)15-9-13-7-5-6-10(2)16-13/h5-8H,4,9H2,1-3H3,(H,15,17,18). The fraction of sp³-hybridized carbons (Fsp3) is 0.357. The van der Waals surface area contributed by atoms with Crippen LogP contribution in [0, 0.1) is 13.8 Å². The lowest BCUT2D eigenvalue weighted by Gasteiger charge is -2.08. The molecular formula is C14H18N4. The predicted molar refractivity (Wildman–Crippen MR) is 72.4 cm³/mol. The van der Waals surface area contributed by atoms with Crippen LogP contribution in [0.3, 0.4) is 0 Å². The fourth-order valence-electron chi connectivity index (χ4n) is 1.78. The lowest BCUT2D eigenvalue weighted by Crippen LogP contribution is -2.06. The molecule has 2 rings (SSSR count). The van der Waals surface area contributed by atoms with Crippen LogP contribution in [0.4, 0.5) is 5.82 Å². The molecule has 0 atom stereocenters. The van der Waals surface area contributed by atoms with Gasteiger partial charge in [-0.05, 0) is 32.4 Å². The molecule has 2 heterocycles. The summed E-state index contributed by atoms with van der Waals surface area (Å²) in [5.41, 5.74) is 3.11. The van der Waals surface area contributed by atoms with Crippen LogP contribution in [0.25, 0.3) is 0 Å². The lowest BCUT2D eigenvalue weighted by molar-refractivity contribution is 0.932. The van der Waals surface area contributed by atoms with E-state index in [1.165, 1.54) is 0 Å². The van der Waals surface area contributed by atoms with Crippen LogP contribution in [0.15, 0.2) is 24.3 Å². The number of anilines is 1. The van der Waals surface area contributed by atoms with Gasteiger partial charge in [-0.15, -0.1) is 0 Å². The van der Waals surface area contributed by atoms with Crippen LogP contribution in [-0.2, 0) is 13.0 Å². The minimum absolute atomic E-state index is 0.682. The third-order valence-corrected chi connectivity index (χ3v) is 2.65. The zero-order valence-electron chi connectivity index (χ0n) is 11.1. The van der Waals surface area contributed by atoms with Crippen molar-refractivity contribution in [2.24, 2.45) is 0 Å². The van der Waals surface area contributed by atoms with E-state index in [1.807, 2.05) is 38.1 Å². The van der Waals surface area contributed by atoms with Crippen molar-refractivity contribution in [3.8, 4) is 0 Å². The van der Waals surface area contributed by atoms with Crippen LogP contribution >= 0.6 is 0 Å². The Morgan fingerprint density at radius 2 is 1.89 bits per heavy atom. The monoisotopic (exact) mass is 242 g/mol. The molecule has 4 heteroatoms. The van der Waals surface area contributed by atoms with E-state index in [4.69, 9.17) is 0 Å².